The Labute approximate surface area is 94.8 Å². The summed E-state index contributed by atoms with van der Waals surface area (Å²) in [6, 6.07) is 6.22. The van der Waals surface area contributed by atoms with E-state index in [0.717, 1.165) is 12.1 Å². The molecule has 0 aliphatic heterocycles. The minimum absolute atomic E-state index is 0.0353. The normalized spacial score (nSPS) is 13.7. The van der Waals surface area contributed by atoms with E-state index >= 15 is 0 Å². The van der Waals surface area contributed by atoms with Crippen molar-refractivity contribution in [3.8, 4) is 0 Å². The molecule has 15 heavy (non-hydrogen) atoms. The molecule has 0 heterocycles. The zero-order chi connectivity index (χ0) is 10.8. The molecule has 0 spiro atoms. The highest BCUT2D eigenvalue weighted by Crippen LogP contribution is 2.26. The Morgan fingerprint density at radius 3 is 2.87 bits per heavy atom. The average molecular weight is 224 g/mol. The van der Waals surface area contributed by atoms with E-state index in [1.165, 1.54) is 24.0 Å². The maximum Gasteiger partial charge on any atom is 0.241 e. The van der Waals surface area contributed by atoms with Crippen molar-refractivity contribution in [2.75, 3.05) is 17.8 Å². The number of hydrogen-bond donors (Lipinski definition) is 0. The Morgan fingerprint density at radius 1 is 1.40 bits per heavy atom. The minimum atomic E-state index is -0.0605. The summed E-state index contributed by atoms with van der Waals surface area (Å²) >= 11 is 5.52. The fourth-order valence-electron chi connectivity index (χ4n) is 2.00. The van der Waals surface area contributed by atoms with Crippen LogP contribution in [-0.2, 0) is 17.6 Å². The lowest BCUT2D eigenvalue weighted by Crippen LogP contribution is -2.27. The van der Waals surface area contributed by atoms with Gasteiger partial charge in [0, 0.05) is 12.7 Å². The highest BCUT2D eigenvalue weighted by Gasteiger charge is 2.14. The quantitative estimate of drug-likeness (QED) is 0.705. The molecule has 0 radical (unpaired) electrons. The zero-order valence-corrected chi connectivity index (χ0v) is 9.55. The highest BCUT2D eigenvalue weighted by atomic mass is 35.5. The summed E-state index contributed by atoms with van der Waals surface area (Å²) < 4.78 is 0. The van der Waals surface area contributed by atoms with Gasteiger partial charge < -0.3 is 4.90 Å². The third-order valence-corrected chi connectivity index (χ3v) is 3.19. The number of rotatable bonds is 2. The van der Waals surface area contributed by atoms with Gasteiger partial charge in [0.25, 0.3) is 0 Å². The first-order valence-electron chi connectivity index (χ1n) is 5.16. The van der Waals surface area contributed by atoms with E-state index in [4.69, 9.17) is 11.6 Å². The number of hydrogen-bond acceptors (Lipinski definition) is 1. The van der Waals surface area contributed by atoms with Gasteiger partial charge in [0.15, 0.2) is 0 Å². The number of fused-ring (bicyclic) bond motifs is 1. The van der Waals surface area contributed by atoms with Crippen LogP contribution in [0, 0.1) is 0 Å². The fourth-order valence-corrected chi connectivity index (χ4v) is 2.18. The van der Waals surface area contributed by atoms with Gasteiger partial charge in [-0.2, -0.15) is 0 Å². The Kier molecular flexibility index (Phi) is 2.96. The number of nitrogens with zero attached hydrogens (tertiary/aromatic N) is 1. The predicted molar refractivity (Wildman–Crippen MR) is 62.6 cm³/mol. The first-order chi connectivity index (χ1) is 7.22. The summed E-state index contributed by atoms with van der Waals surface area (Å²) in [7, 11) is 1.77. The first kappa shape index (κ1) is 10.5. The second-order valence-corrected chi connectivity index (χ2v) is 4.16. The summed E-state index contributed by atoms with van der Waals surface area (Å²) in [5, 5.41) is 0. The Balaban J connectivity index is 2.26. The van der Waals surface area contributed by atoms with E-state index in [1.807, 2.05) is 6.07 Å². The molecule has 0 N–H and O–H groups in total. The molecule has 0 atom stereocenters. The second-order valence-electron chi connectivity index (χ2n) is 3.89. The molecule has 0 unspecified atom stereocenters. The van der Waals surface area contributed by atoms with E-state index in [9.17, 15) is 4.79 Å². The van der Waals surface area contributed by atoms with E-state index in [0.29, 0.717) is 0 Å². The van der Waals surface area contributed by atoms with Crippen LogP contribution in [0.3, 0.4) is 0 Å². The van der Waals surface area contributed by atoms with E-state index < -0.39 is 0 Å². The van der Waals surface area contributed by atoms with Crippen molar-refractivity contribution in [1.82, 2.24) is 0 Å². The Morgan fingerprint density at radius 2 is 2.13 bits per heavy atom. The minimum Gasteiger partial charge on any atom is -0.314 e. The van der Waals surface area contributed by atoms with E-state index in [1.54, 1.807) is 11.9 Å². The lowest BCUT2D eigenvalue weighted by molar-refractivity contribution is -0.116. The van der Waals surface area contributed by atoms with Gasteiger partial charge in [-0.05, 0) is 42.5 Å². The van der Waals surface area contributed by atoms with E-state index in [2.05, 4.69) is 12.1 Å². The molecule has 0 saturated carbocycles. The van der Waals surface area contributed by atoms with Crippen LogP contribution in [0.5, 0.6) is 0 Å². The topological polar surface area (TPSA) is 20.3 Å². The molecular formula is C12H14ClNO. The number of alkyl halides is 1. The summed E-state index contributed by atoms with van der Waals surface area (Å²) in [4.78, 5) is 13.0. The maximum atomic E-state index is 11.4. The zero-order valence-electron chi connectivity index (χ0n) is 8.79. The number of carbonyl (C=O) groups excluding carboxylic acids is 1. The monoisotopic (exact) mass is 223 g/mol. The van der Waals surface area contributed by atoms with Crippen LogP contribution in [0.15, 0.2) is 18.2 Å². The van der Waals surface area contributed by atoms with Gasteiger partial charge in [-0.25, -0.2) is 0 Å². The molecule has 0 aromatic heterocycles. The first-order valence-corrected chi connectivity index (χ1v) is 5.70. The Bertz CT molecular complexity index is 389. The molecule has 3 heteroatoms. The average Bonchev–Trinajstić information content (AvgIpc) is 2.73. The molecule has 0 fully saturated rings. The number of aryl methyl sites for hydroxylation is 2. The van der Waals surface area contributed by atoms with Gasteiger partial charge in [0.1, 0.15) is 5.88 Å². The van der Waals surface area contributed by atoms with Crippen LogP contribution in [0.25, 0.3) is 0 Å². The SMILES string of the molecule is CN(C(=O)CCl)c1ccc2c(c1)CCC2. The molecule has 1 amide bonds. The van der Waals surface area contributed by atoms with Gasteiger partial charge in [-0.1, -0.05) is 6.07 Å². The third-order valence-electron chi connectivity index (χ3n) is 2.96. The lowest BCUT2D eigenvalue weighted by atomic mass is 10.1. The van der Waals surface area contributed by atoms with Gasteiger partial charge in [-0.15, -0.1) is 11.6 Å². The maximum absolute atomic E-state index is 11.4. The van der Waals surface area contributed by atoms with Crippen molar-refractivity contribution in [1.29, 1.82) is 0 Å². The van der Waals surface area contributed by atoms with Crippen molar-refractivity contribution in [3.63, 3.8) is 0 Å². The van der Waals surface area contributed by atoms with Crippen molar-refractivity contribution < 1.29 is 4.79 Å². The van der Waals surface area contributed by atoms with Gasteiger partial charge >= 0.3 is 0 Å². The molecule has 2 nitrogen and oxygen atoms in total. The fraction of sp³-hybridized carbons (Fsp3) is 0.417. The van der Waals surface area contributed by atoms with Crippen LogP contribution < -0.4 is 4.90 Å². The summed E-state index contributed by atoms with van der Waals surface area (Å²) in [6.45, 7) is 0. The van der Waals surface area contributed by atoms with Gasteiger partial charge in [-0.3, -0.25) is 4.79 Å². The molecule has 2 rings (SSSR count). The van der Waals surface area contributed by atoms with E-state index in [-0.39, 0.29) is 11.8 Å². The highest BCUT2D eigenvalue weighted by molar-refractivity contribution is 6.29. The number of benzene rings is 1. The van der Waals surface area contributed by atoms with Crippen LogP contribution >= 0.6 is 11.6 Å². The summed E-state index contributed by atoms with van der Waals surface area (Å²) in [5.41, 5.74) is 3.74. The van der Waals surface area contributed by atoms with Gasteiger partial charge in [0.05, 0.1) is 0 Å². The Hall–Kier alpha value is -1.02. The van der Waals surface area contributed by atoms with Crippen molar-refractivity contribution in [2.24, 2.45) is 0 Å². The van der Waals surface area contributed by atoms with Crippen molar-refractivity contribution >= 4 is 23.2 Å². The predicted octanol–water partition coefficient (Wildman–Crippen LogP) is 2.38. The summed E-state index contributed by atoms with van der Waals surface area (Å²) in [5.74, 6) is -0.0252. The largest absolute Gasteiger partial charge is 0.314 e. The number of anilines is 1. The van der Waals surface area contributed by atoms with Crippen molar-refractivity contribution in [3.05, 3.63) is 29.3 Å². The molecule has 1 aliphatic carbocycles. The number of amides is 1. The molecule has 0 bridgehead atoms. The molecule has 0 saturated heterocycles. The van der Waals surface area contributed by atoms with Crippen LogP contribution in [0.2, 0.25) is 0 Å². The number of carbonyl (C=O) groups is 1. The molecule has 1 aromatic rings. The third kappa shape index (κ3) is 2.00. The molecular weight excluding hydrogens is 210 g/mol. The smallest absolute Gasteiger partial charge is 0.241 e. The number of halogens is 1. The molecule has 80 valence electrons. The van der Waals surface area contributed by atoms with Crippen LogP contribution in [0.4, 0.5) is 5.69 Å². The van der Waals surface area contributed by atoms with Gasteiger partial charge in [0.2, 0.25) is 5.91 Å². The lowest BCUT2D eigenvalue weighted by Gasteiger charge is -2.16. The van der Waals surface area contributed by atoms with Crippen LogP contribution in [0.1, 0.15) is 17.5 Å². The van der Waals surface area contributed by atoms with Crippen molar-refractivity contribution in [2.45, 2.75) is 19.3 Å². The molecule has 1 aromatic carbocycles. The standard InChI is InChI=1S/C12H14ClNO/c1-14(12(15)8-13)11-6-5-9-3-2-4-10(9)7-11/h5-7H,2-4,8H2,1H3. The van der Waals surface area contributed by atoms with Crippen LogP contribution in [-0.4, -0.2) is 18.8 Å². The summed E-state index contributed by atoms with van der Waals surface area (Å²) in [6.07, 6.45) is 3.53. The molecule has 1 aliphatic rings. The second kappa shape index (κ2) is 4.23.